The Morgan fingerprint density at radius 3 is 2.74 bits per heavy atom. The monoisotopic (exact) mass is 274 g/mol. The van der Waals surface area contributed by atoms with Gasteiger partial charge in [0.05, 0.1) is 17.7 Å². The molecule has 0 radical (unpaired) electrons. The van der Waals surface area contributed by atoms with Gasteiger partial charge in [0.2, 0.25) is 0 Å². The minimum atomic E-state index is 0.776. The van der Waals surface area contributed by atoms with Crippen LogP contribution in [0.3, 0.4) is 0 Å². The molecule has 2 N–H and O–H groups in total. The van der Waals surface area contributed by atoms with Crippen LogP contribution in [0, 0.1) is 0 Å². The summed E-state index contributed by atoms with van der Waals surface area (Å²) < 4.78 is 5.37. The second-order valence-electron chi connectivity index (χ2n) is 4.41. The van der Waals surface area contributed by atoms with E-state index in [-0.39, 0.29) is 0 Å². The van der Waals surface area contributed by atoms with Crippen LogP contribution in [0.2, 0.25) is 0 Å². The number of furan rings is 1. The number of hydrazine groups is 1. The van der Waals surface area contributed by atoms with E-state index in [9.17, 15) is 0 Å². The van der Waals surface area contributed by atoms with E-state index >= 15 is 0 Å². The number of allylic oxidation sites excluding steroid dienone is 1. The average Bonchev–Trinajstić information content (AvgIpc) is 2.88. The Bertz CT molecular complexity index is 562. The fourth-order valence-electron chi connectivity index (χ4n) is 1.83. The molecular weight excluding hydrogens is 256 g/mol. The van der Waals surface area contributed by atoms with Gasteiger partial charge in [0.1, 0.15) is 5.76 Å². The fourth-order valence-corrected chi connectivity index (χ4v) is 3.04. The fraction of sp³-hybridized carbons (Fsp3) is 0.200. The molecule has 3 nitrogen and oxygen atoms in total. The summed E-state index contributed by atoms with van der Waals surface area (Å²) in [5, 5.41) is 1.64. The minimum Gasteiger partial charge on any atom is -0.468 e. The third-order valence-corrected chi connectivity index (χ3v) is 3.92. The smallest absolute Gasteiger partial charge is 0.114 e. The van der Waals surface area contributed by atoms with Gasteiger partial charge in [-0.15, -0.1) is 11.8 Å². The molecule has 0 amide bonds. The van der Waals surface area contributed by atoms with Gasteiger partial charge >= 0.3 is 0 Å². The van der Waals surface area contributed by atoms with Crippen molar-refractivity contribution in [3.8, 4) is 0 Å². The molecule has 0 spiro atoms. The summed E-state index contributed by atoms with van der Waals surface area (Å²) in [4.78, 5) is 1.14. The first-order valence-electron chi connectivity index (χ1n) is 6.02. The Balaban J connectivity index is 2.32. The zero-order valence-corrected chi connectivity index (χ0v) is 12.0. The highest BCUT2D eigenvalue weighted by Crippen LogP contribution is 2.36. The number of hydrogen-bond donors (Lipinski definition) is 1. The molecule has 0 fully saturated rings. The van der Waals surface area contributed by atoms with Crippen molar-refractivity contribution >= 4 is 23.0 Å². The van der Waals surface area contributed by atoms with Gasteiger partial charge in [-0.1, -0.05) is 18.7 Å². The third-order valence-electron chi connectivity index (χ3n) is 2.77. The van der Waals surface area contributed by atoms with Crippen molar-refractivity contribution in [2.75, 3.05) is 12.1 Å². The molecular formula is C15H18N2OS. The second-order valence-corrected chi connectivity index (χ2v) is 5.40. The Hall–Kier alpha value is -1.65. The number of hydrogen-bond acceptors (Lipinski definition) is 4. The van der Waals surface area contributed by atoms with E-state index in [1.165, 1.54) is 0 Å². The van der Waals surface area contributed by atoms with Gasteiger partial charge in [-0.05, 0) is 36.3 Å². The zero-order chi connectivity index (χ0) is 13.8. The molecule has 0 unspecified atom stereocenters. The van der Waals surface area contributed by atoms with Crippen LogP contribution in [0.1, 0.15) is 18.2 Å². The van der Waals surface area contributed by atoms with Crippen LogP contribution in [0.5, 0.6) is 0 Å². The van der Waals surface area contributed by atoms with Crippen LogP contribution in [0.15, 0.2) is 52.5 Å². The van der Waals surface area contributed by atoms with E-state index < -0.39 is 0 Å². The molecule has 0 atom stereocenters. The summed E-state index contributed by atoms with van der Waals surface area (Å²) in [6.07, 6.45) is 1.69. The van der Waals surface area contributed by atoms with Crippen LogP contribution < -0.4 is 10.9 Å². The van der Waals surface area contributed by atoms with Crippen LogP contribution in [-0.2, 0) is 5.75 Å². The molecule has 19 heavy (non-hydrogen) atoms. The molecule has 1 aromatic carbocycles. The van der Waals surface area contributed by atoms with Gasteiger partial charge in [0.15, 0.2) is 0 Å². The minimum absolute atomic E-state index is 0.776. The van der Waals surface area contributed by atoms with Gasteiger partial charge in [-0.25, -0.2) is 5.84 Å². The second kappa shape index (κ2) is 5.99. The summed E-state index contributed by atoms with van der Waals surface area (Å²) in [6, 6.07) is 9.95. The quantitative estimate of drug-likeness (QED) is 0.510. The van der Waals surface area contributed by atoms with Crippen LogP contribution in [-0.4, -0.2) is 7.05 Å². The van der Waals surface area contributed by atoms with E-state index in [0.29, 0.717) is 0 Å². The summed E-state index contributed by atoms with van der Waals surface area (Å²) >= 11 is 1.71. The number of nitrogens with zero attached hydrogens (tertiary/aromatic N) is 1. The summed E-state index contributed by atoms with van der Waals surface area (Å²) in [5.74, 6) is 7.63. The number of anilines is 1. The highest BCUT2D eigenvalue weighted by Gasteiger charge is 2.12. The molecule has 1 aromatic heterocycles. The Kier molecular flexibility index (Phi) is 4.35. The van der Waals surface area contributed by atoms with Crippen molar-refractivity contribution in [2.45, 2.75) is 17.6 Å². The molecule has 0 aliphatic carbocycles. The molecule has 2 aromatic rings. The molecule has 0 saturated heterocycles. The lowest BCUT2D eigenvalue weighted by Crippen LogP contribution is -2.25. The lowest BCUT2D eigenvalue weighted by atomic mass is 10.1. The van der Waals surface area contributed by atoms with Crippen LogP contribution >= 0.6 is 11.8 Å². The molecule has 0 bridgehead atoms. The average molecular weight is 274 g/mol. The molecule has 0 aliphatic rings. The van der Waals surface area contributed by atoms with E-state index in [1.54, 1.807) is 23.0 Å². The van der Waals surface area contributed by atoms with Gasteiger partial charge in [-0.2, -0.15) is 0 Å². The van der Waals surface area contributed by atoms with Crippen molar-refractivity contribution in [2.24, 2.45) is 5.84 Å². The maximum absolute atomic E-state index is 5.90. The van der Waals surface area contributed by atoms with Crippen LogP contribution in [0.25, 0.3) is 5.57 Å². The van der Waals surface area contributed by atoms with E-state index in [0.717, 1.165) is 33.2 Å². The predicted octanol–water partition coefficient (Wildman–Crippen LogP) is 3.91. The zero-order valence-electron chi connectivity index (χ0n) is 11.2. The topological polar surface area (TPSA) is 42.4 Å². The summed E-state index contributed by atoms with van der Waals surface area (Å²) in [5.41, 5.74) is 3.16. The van der Waals surface area contributed by atoms with Crippen molar-refractivity contribution in [3.63, 3.8) is 0 Å². The molecule has 0 aliphatic heterocycles. The van der Waals surface area contributed by atoms with Crippen LogP contribution in [0.4, 0.5) is 5.69 Å². The first kappa shape index (κ1) is 13.8. The SMILES string of the molecule is C=C(C)c1cccc(N(C)N)c1SCc1ccco1. The lowest BCUT2D eigenvalue weighted by Gasteiger charge is -2.19. The van der Waals surface area contributed by atoms with Gasteiger partial charge in [0.25, 0.3) is 0 Å². The maximum Gasteiger partial charge on any atom is 0.114 e. The molecule has 100 valence electrons. The maximum atomic E-state index is 5.90. The van der Waals surface area contributed by atoms with Gasteiger partial charge in [-0.3, -0.25) is 0 Å². The summed E-state index contributed by atoms with van der Waals surface area (Å²) in [7, 11) is 1.84. The highest BCUT2D eigenvalue weighted by molar-refractivity contribution is 7.98. The molecule has 4 heteroatoms. The molecule has 1 heterocycles. The van der Waals surface area contributed by atoms with Crippen molar-refractivity contribution in [1.82, 2.24) is 0 Å². The highest BCUT2D eigenvalue weighted by atomic mass is 32.2. The Morgan fingerprint density at radius 1 is 1.37 bits per heavy atom. The normalized spacial score (nSPS) is 10.5. The number of benzene rings is 1. The van der Waals surface area contributed by atoms with Gasteiger partial charge < -0.3 is 9.43 Å². The van der Waals surface area contributed by atoms with Crippen molar-refractivity contribution < 1.29 is 4.42 Å². The number of thioether (sulfide) groups is 1. The molecule has 0 saturated carbocycles. The number of rotatable bonds is 5. The molecule has 2 rings (SSSR count). The predicted molar refractivity (Wildman–Crippen MR) is 82.0 cm³/mol. The van der Waals surface area contributed by atoms with E-state index in [2.05, 4.69) is 12.6 Å². The van der Waals surface area contributed by atoms with E-state index in [1.807, 2.05) is 38.2 Å². The Labute approximate surface area is 118 Å². The number of nitrogens with two attached hydrogens (primary N) is 1. The summed E-state index contributed by atoms with van der Waals surface area (Å²) in [6.45, 7) is 6.04. The standard InChI is InChI=1S/C15H18N2OS/c1-11(2)13-7-4-8-14(17(3)16)15(13)19-10-12-6-5-9-18-12/h4-9H,1,10,16H2,2-3H3. The lowest BCUT2D eigenvalue weighted by molar-refractivity contribution is 0.530. The Morgan fingerprint density at radius 2 is 2.16 bits per heavy atom. The van der Waals surface area contributed by atoms with Crippen molar-refractivity contribution in [1.29, 1.82) is 0 Å². The third kappa shape index (κ3) is 3.22. The largest absolute Gasteiger partial charge is 0.468 e. The first-order chi connectivity index (χ1) is 9.09. The van der Waals surface area contributed by atoms with E-state index in [4.69, 9.17) is 10.3 Å². The first-order valence-corrected chi connectivity index (χ1v) is 7.00. The van der Waals surface area contributed by atoms with Crippen molar-refractivity contribution in [3.05, 3.63) is 54.5 Å². The van der Waals surface area contributed by atoms with Gasteiger partial charge in [0, 0.05) is 11.9 Å².